The molecule has 0 aliphatic carbocycles. The molecule has 0 saturated carbocycles. The normalized spacial score (nSPS) is 12.9. The van der Waals surface area contributed by atoms with Crippen LogP contribution < -0.4 is 29.6 Å². The van der Waals surface area contributed by atoms with Gasteiger partial charge in [0, 0.05) is 0 Å². The Kier molecular flexibility index (Phi) is 8.98. The van der Waals surface area contributed by atoms with Gasteiger partial charge in [0.1, 0.15) is 18.8 Å². The average Bonchev–Trinajstić information content (AvgIpc) is 2.90. The Hall–Kier alpha value is -3.89. The maximum Gasteiger partial charge on any atom is 0.263 e. The molecule has 3 aromatic rings. The summed E-state index contributed by atoms with van der Waals surface area (Å²) in [5.74, 6) is 1.01. The number of halogens is 1. The van der Waals surface area contributed by atoms with Crippen LogP contribution in [0.2, 0.25) is 0 Å². The van der Waals surface area contributed by atoms with Crippen LogP contribution in [0.4, 0.5) is 0 Å². The summed E-state index contributed by atoms with van der Waals surface area (Å²) in [7, 11) is 1.51. The summed E-state index contributed by atoms with van der Waals surface area (Å²) in [6.07, 6.45) is 1.45. The molecular weight excluding hydrogens is 572 g/mol. The van der Waals surface area contributed by atoms with Crippen molar-refractivity contribution in [2.24, 2.45) is 0 Å². The Morgan fingerprint density at radius 3 is 2.24 bits per heavy atom. The number of carbonyl (C=O) groups excluding carboxylic acids is 2. The SMILES string of the molecule is CCOc1cc(COc2c(Br)cc(C=C3C(=O)NC(=S)NC3=O)cc2OC)ccc1OCc1ccccc1. The monoisotopic (exact) mass is 596 g/mol. The fourth-order valence-corrected chi connectivity index (χ4v) is 4.42. The number of amides is 2. The van der Waals surface area contributed by atoms with Crippen molar-refractivity contribution in [3.63, 3.8) is 0 Å². The lowest BCUT2D eigenvalue weighted by Gasteiger charge is -2.17. The first kappa shape index (κ1) is 27.2. The largest absolute Gasteiger partial charge is 0.493 e. The summed E-state index contributed by atoms with van der Waals surface area (Å²) in [6, 6.07) is 19.0. The van der Waals surface area contributed by atoms with Crippen molar-refractivity contribution in [1.29, 1.82) is 0 Å². The van der Waals surface area contributed by atoms with E-state index in [4.69, 9.17) is 31.2 Å². The number of hydrogen-bond acceptors (Lipinski definition) is 7. The Balaban J connectivity index is 1.50. The molecule has 1 heterocycles. The van der Waals surface area contributed by atoms with Crippen molar-refractivity contribution in [1.82, 2.24) is 10.6 Å². The number of hydrogen-bond donors (Lipinski definition) is 2. The third-order valence-corrected chi connectivity index (χ3v) is 6.23. The molecule has 2 N–H and O–H groups in total. The Bertz CT molecular complexity index is 1370. The number of methoxy groups -OCH3 is 1. The molecule has 0 aromatic heterocycles. The second kappa shape index (κ2) is 12.6. The minimum absolute atomic E-state index is 0.0251. The molecule has 1 fully saturated rings. The van der Waals surface area contributed by atoms with E-state index in [-0.39, 0.29) is 17.3 Å². The van der Waals surface area contributed by atoms with Crippen LogP contribution in [0.25, 0.3) is 6.08 Å². The molecule has 10 heteroatoms. The molecule has 0 radical (unpaired) electrons. The molecule has 1 saturated heterocycles. The predicted octanol–water partition coefficient (Wildman–Crippen LogP) is 4.93. The molecule has 3 aromatic carbocycles. The van der Waals surface area contributed by atoms with Crippen LogP contribution in [0.1, 0.15) is 23.6 Å². The first-order valence-electron chi connectivity index (χ1n) is 11.7. The predicted molar refractivity (Wildman–Crippen MR) is 150 cm³/mol. The first-order chi connectivity index (χ1) is 18.4. The number of benzene rings is 3. The topological polar surface area (TPSA) is 95.1 Å². The van der Waals surface area contributed by atoms with Crippen molar-refractivity contribution in [3.8, 4) is 23.0 Å². The summed E-state index contributed by atoms with van der Waals surface area (Å²) in [5.41, 5.74) is 2.42. The van der Waals surface area contributed by atoms with Gasteiger partial charge in [0.25, 0.3) is 11.8 Å². The van der Waals surface area contributed by atoms with Gasteiger partial charge in [-0.1, -0.05) is 36.4 Å². The van der Waals surface area contributed by atoms with Crippen LogP contribution in [-0.2, 0) is 22.8 Å². The first-order valence-corrected chi connectivity index (χ1v) is 12.9. The van der Waals surface area contributed by atoms with Gasteiger partial charge in [0.05, 0.1) is 18.2 Å². The van der Waals surface area contributed by atoms with Crippen LogP contribution in [0.3, 0.4) is 0 Å². The van der Waals surface area contributed by atoms with E-state index >= 15 is 0 Å². The minimum Gasteiger partial charge on any atom is -0.493 e. The van der Waals surface area contributed by atoms with Gasteiger partial charge in [-0.15, -0.1) is 0 Å². The molecule has 2 amide bonds. The van der Waals surface area contributed by atoms with Gasteiger partial charge in [-0.3, -0.25) is 20.2 Å². The van der Waals surface area contributed by atoms with Crippen LogP contribution >= 0.6 is 28.1 Å². The average molecular weight is 597 g/mol. The zero-order valence-corrected chi connectivity index (χ0v) is 23.1. The third kappa shape index (κ3) is 6.70. The highest BCUT2D eigenvalue weighted by Crippen LogP contribution is 2.38. The zero-order chi connectivity index (χ0) is 27.1. The van der Waals surface area contributed by atoms with E-state index < -0.39 is 11.8 Å². The standard InChI is InChI=1S/C28H25BrN2O6S/c1-3-35-23-13-18(9-10-22(23)36-15-17-7-5-4-6-8-17)16-37-25-21(29)12-19(14-24(25)34-2)11-20-26(32)30-28(38)31-27(20)33/h4-14H,3,15-16H2,1-2H3,(H2,30,31,32,33,38). The number of carbonyl (C=O) groups is 2. The fraction of sp³-hybridized carbons (Fsp3) is 0.179. The minimum atomic E-state index is -0.574. The maximum atomic E-state index is 12.2. The van der Waals surface area contributed by atoms with Gasteiger partial charge in [-0.25, -0.2) is 0 Å². The molecule has 1 aliphatic rings. The lowest BCUT2D eigenvalue weighted by atomic mass is 10.1. The van der Waals surface area contributed by atoms with Gasteiger partial charge in [0.2, 0.25) is 0 Å². The molecule has 4 rings (SSSR count). The molecule has 0 spiro atoms. The van der Waals surface area contributed by atoms with E-state index in [0.717, 1.165) is 11.1 Å². The second-order valence-electron chi connectivity index (χ2n) is 8.11. The van der Waals surface area contributed by atoms with E-state index in [1.807, 2.05) is 55.5 Å². The second-order valence-corrected chi connectivity index (χ2v) is 9.37. The molecule has 38 heavy (non-hydrogen) atoms. The number of ether oxygens (including phenoxy) is 4. The van der Waals surface area contributed by atoms with Crippen molar-refractivity contribution in [3.05, 3.63) is 87.4 Å². The maximum absolute atomic E-state index is 12.2. The van der Waals surface area contributed by atoms with Gasteiger partial charge in [0.15, 0.2) is 28.1 Å². The molecule has 1 aliphatic heterocycles. The van der Waals surface area contributed by atoms with Gasteiger partial charge < -0.3 is 18.9 Å². The van der Waals surface area contributed by atoms with Crippen LogP contribution in [0.5, 0.6) is 23.0 Å². The van der Waals surface area contributed by atoms with Gasteiger partial charge in [-0.2, -0.15) is 0 Å². The van der Waals surface area contributed by atoms with E-state index in [1.165, 1.54) is 13.2 Å². The molecular formula is C28H25BrN2O6S. The number of rotatable bonds is 10. The third-order valence-electron chi connectivity index (χ3n) is 5.43. The highest BCUT2D eigenvalue weighted by Gasteiger charge is 2.26. The van der Waals surface area contributed by atoms with E-state index in [1.54, 1.807) is 12.1 Å². The summed E-state index contributed by atoms with van der Waals surface area (Å²) >= 11 is 8.35. The van der Waals surface area contributed by atoms with Crippen LogP contribution in [0.15, 0.2) is 70.7 Å². The zero-order valence-electron chi connectivity index (χ0n) is 20.7. The van der Waals surface area contributed by atoms with Crippen LogP contribution in [-0.4, -0.2) is 30.6 Å². The van der Waals surface area contributed by atoms with E-state index in [9.17, 15) is 9.59 Å². The molecule has 0 unspecified atom stereocenters. The lowest BCUT2D eigenvalue weighted by molar-refractivity contribution is -0.123. The van der Waals surface area contributed by atoms with Crippen molar-refractivity contribution in [2.75, 3.05) is 13.7 Å². The Labute approximate surface area is 234 Å². The smallest absolute Gasteiger partial charge is 0.263 e. The molecule has 0 bridgehead atoms. The number of thiocarbonyl (C=S) groups is 1. The molecule has 196 valence electrons. The quantitative estimate of drug-likeness (QED) is 0.195. The molecule has 8 nitrogen and oxygen atoms in total. The van der Waals surface area contributed by atoms with Gasteiger partial charge in [-0.05, 0) is 82.1 Å². The number of nitrogens with one attached hydrogen (secondary N) is 2. The van der Waals surface area contributed by atoms with Crippen molar-refractivity contribution < 1.29 is 28.5 Å². The van der Waals surface area contributed by atoms with E-state index in [0.29, 0.717) is 46.2 Å². The van der Waals surface area contributed by atoms with Crippen LogP contribution in [0, 0.1) is 0 Å². The van der Waals surface area contributed by atoms with Crippen molar-refractivity contribution >= 4 is 51.2 Å². The summed E-state index contributed by atoms with van der Waals surface area (Å²) in [5, 5.41) is 4.80. The highest BCUT2D eigenvalue weighted by molar-refractivity contribution is 9.10. The highest BCUT2D eigenvalue weighted by atomic mass is 79.9. The summed E-state index contributed by atoms with van der Waals surface area (Å²) < 4.78 is 24.0. The Morgan fingerprint density at radius 2 is 1.55 bits per heavy atom. The lowest BCUT2D eigenvalue weighted by Crippen LogP contribution is -2.51. The Morgan fingerprint density at radius 1 is 0.842 bits per heavy atom. The fourth-order valence-electron chi connectivity index (χ4n) is 3.66. The van der Waals surface area contributed by atoms with Crippen molar-refractivity contribution in [2.45, 2.75) is 20.1 Å². The summed E-state index contributed by atoms with van der Waals surface area (Å²) in [4.78, 5) is 24.4. The van der Waals surface area contributed by atoms with E-state index in [2.05, 4.69) is 26.6 Å². The summed E-state index contributed by atoms with van der Waals surface area (Å²) in [6.45, 7) is 3.07. The molecule has 0 atom stereocenters. The van der Waals surface area contributed by atoms with Gasteiger partial charge >= 0.3 is 0 Å².